The SMILES string of the molecule is CCC(CC)(CN)C(=O)Nc1c(F)cc(F)cc1F. The highest BCUT2D eigenvalue weighted by Gasteiger charge is 2.34. The summed E-state index contributed by atoms with van der Waals surface area (Å²) in [5.41, 5.74) is 4.05. The van der Waals surface area contributed by atoms with Gasteiger partial charge in [0, 0.05) is 18.7 Å². The molecule has 0 fully saturated rings. The summed E-state index contributed by atoms with van der Waals surface area (Å²) < 4.78 is 39.7. The van der Waals surface area contributed by atoms with Crippen molar-refractivity contribution in [3.8, 4) is 0 Å². The summed E-state index contributed by atoms with van der Waals surface area (Å²) in [6.45, 7) is 3.61. The monoisotopic (exact) mass is 274 g/mol. The molecule has 106 valence electrons. The van der Waals surface area contributed by atoms with Gasteiger partial charge in [-0.15, -0.1) is 0 Å². The van der Waals surface area contributed by atoms with Crippen LogP contribution < -0.4 is 11.1 Å². The summed E-state index contributed by atoms with van der Waals surface area (Å²) in [4.78, 5) is 12.1. The first-order valence-electron chi connectivity index (χ1n) is 6.06. The molecular formula is C13H17F3N2O. The van der Waals surface area contributed by atoms with E-state index in [1.807, 2.05) is 0 Å². The Balaban J connectivity index is 3.06. The van der Waals surface area contributed by atoms with Gasteiger partial charge in [0.05, 0.1) is 5.41 Å². The van der Waals surface area contributed by atoms with Crippen LogP contribution in [0.15, 0.2) is 12.1 Å². The molecule has 1 aromatic carbocycles. The van der Waals surface area contributed by atoms with Gasteiger partial charge in [-0.1, -0.05) is 13.8 Å². The molecule has 0 aliphatic carbocycles. The molecule has 1 amide bonds. The van der Waals surface area contributed by atoms with E-state index in [2.05, 4.69) is 5.32 Å². The van der Waals surface area contributed by atoms with Crippen LogP contribution in [-0.4, -0.2) is 12.5 Å². The molecule has 0 aliphatic heterocycles. The number of anilines is 1. The molecule has 3 N–H and O–H groups in total. The van der Waals surface area contributed by atoms with E-state index in [9.17, 15) is 18.0 Å². The minimum atomic E-state index is -1.15. The molecule has 0 spiro atoms. The molecule has 0 saturated carbocycles. The van der Waals surface area contributed by atoms with Gasteiger partial charge in [-0.25, -0.2) is 13.2 Å². The highest BCUT2D eigenvalue weighted by atomic mass is 19.1. The highest BCUT2D eigenvalue weighted by molar-refractivity contribution is 5.95. The molecule has 1 aromatic rings. The lowest BCUT2D eigenvalue weighted by Gasteiger charge is -2.28. The minimum Gasteiger partial charge on any atom is -0.329 e. The van der Waals surface area contributed by atoms with Crippen LogP contribution in [0.3, 0.4) is 0 Å². The van der Waals surface area contributed by atoms with Gasteiger partial charge in [0.25, 0.3) is 0 Å². The largest absolute Gasteiger partial charge is 0.329 e. The lowest BCUT2D eigenvalue weighted by molar-refractivity contribution is -0.125. The quantitative estimate of drug-likeness (QED) is 0.867. The smallest absolute Gasteiger partial charge is 0.232 e. The Kier molecular flexibility index (Phi) is 4.94. The van der Waals surface area contributed by atoms with Crippen molar-refractivity contribution in [1.82, 2.24) is 0 Å². The van der Waals surface area contributed by atoms with E-state index in [0.29, 0.717) is 25.0 Å². The molecule has 1 rings (SSSR count). The van der Waals surface area contributed by atoms with Crippen molar-refractivity contribution in [2.24, 2.45) is 11.1 Å². The molecule has 0 aromatic heterocycles. The van der Waals surface area contributed by atoms with Crippen LogP contribution in [-0.2, 0) is 4.79 Å². The summed E-state index contributed by atoms with van der Waals surface area (Å²) in [6, 6.07) is 1.03. The van der Waals surface area contributed by atoms with Gasteiger partial charge in [0.2, 0.25) is 5.91 Å². The van der Waals surface area contributed by atoms with E-state index in [0.717, 1.165) is 0 Å². The maximum atomic E-state index is 13.4. The summed E-state index contributed by atoms with van der Waals surface area (Å²) in [7, 11) is 0. The van der Waals surface area contributed by atoms with Crippen LogP contribution in [0.1, 0.15) is 26.7 Å². The Hall–Kier alpha value is -1.56. The molecule has 0 saturated heterocycles. The van der Waals surface area contributed by atoms with Crippen LogP contribution >= 0.6 is 0 Å². The first kappa shape index (κ1) is 15.5. The topological polar surface area (TPSA) is 55.1 Å². The normalized spacial score (nSPS) is 11.5. The Labute approximate surface area is 110 Å². The lowest BCUT2D eigenvalue weighted by Crippen LogP contribution is -2.41. The second-order valence-electron chi connectivity index (χ2n) is 4.39. The zero-order valence-corrected chi connectivity index (χ0v) is 10.9. The Morgan fingerprint density at radius 3 is 2.05 bits per heavy atom. The number of benzene rings is 1. The number of halogens is 3. The predicted octanol–water partition coefficient (Wildman–Crippen LogP) is 2.81. The zero-order valence-electron chi connectivity index (χ0n) is 10.9. The van der Waals surface area contributed by atoms with Crippen molar-refractivity contribution in [2.75, 3.05) is 11.9 Å². The number of carbonyl (C=O) groups excluding carboxylic acids is 1. The summed E-state index contributed by atoms with van der Waals surface area (Å²) in [5, 5.41) is 2.16. The van der Waals surface area contributed by atoms with Crippen molar-refractivity contribution in [2.45, 2.75) is 26.7 Å². The summed E-state index contributed by atoms with van der Waals surface area (Å²) in [6.07, 6.45) is 0.881. The van der Waals surface area contributed by atoms with Gasteiger partial charge < -0.3 is 11.1 Å². The molecule has 0 bridgehead atoms. The average molecular weight is 274 g/mol. The van der Waals surface area contributed by atoms with Crippen LogP contribution in [0.5, 0.6) is 0 Å². The molecule has 0 heterocycles. The van der Waals surface area contributed by atoms with Gasteiger partial charge in [-0.3, -0.25) is 4.79 Å². The van der Waals surface area contributed by atoms with E-state index in [1.165, 1.54) is 0 Å². The predicted molar refractivity (Wildman–Crippen MR) is 67.0 cm³/mol. The zero-order chi connectivity index (χ0) is 14.6. The van der Waals surface area contributed by atoms with Crippen LogP contribution in [0.25, 0.3) is 0 Å². The second-order valence-corrected chi connectivity index (χ2v) is 4.39. The number of carbonyl (C=O) groups is 1. The second kappa shape index (κ2) is 6.06. The molecular weight excluding hydrogens is 257 g/mol. The van der Waals surface area contributed by atoms with Crippen molar-refractivity contribution in [1.29, 1.82) is 0 Å². The van der Waals surface area contributed by atoms with Crippen LogP contribution in [0.2, 0.25) is 0 Å². The van der Waals surface area contributed by atoms with E-state index in [1.54, 1.807) is 13.8 Å². The molecule has 0 aliphatic rings. The van der Waals surface area contributed by atoms with Crippen molar-refractivity contribution >= 4 is 11.6 Å². The van der Waals surface area contributed by atoms with E-state index >= 15 is 0 Å². The molecule has 6 heteroatoms. The lowest BCUT2D eigenvalue weighted by atomic mass is 9.81. The Morgan fingerprint density at radius 1 is 1.21 bits per heavy atom. The number of amides is 1. The van der Waals surface area contributed by atoms with Crippen molar-refractivity contribution < 1.29 is 18.0 Å². The van der Waals surface area contributed by atoms with Gasteiger partial charge >= 0.3 is 0 Å². The maximum absolute atomic E-state index is 13.4. The van der Waals surface area contributed by atoms with Gasteiger partial charge in [0.1, 0.15) is 11.5 Å². The molecule has 0 radical (unpaired) electrons. The van der Waals surface area contributed by atoms with Gasteiger partial charge in [-0.2, -0.15) is 0 Å². The molecule has 3 nitrogen and oxygen atoms in total. The number of rotatable bonds is 5. The first-order chi connectivity index (χ1) is 8.90. The van der Waals surface area contributed by atoms with Crippen LogP contribution in [0, 0.1) is 22.9 Å². The third-order valence-electron chi connectivity index (χ3n) is 3.47. The fourth-order valence-electron chi connectivity index (χ4n) is 1.86. The fourth-order valence-corrected chi connectivity index (χ4v) is 1.86. The Bertz CT molecular complexity index is 442. The van der Waals surface area contributed by atoms with E-state index in [-0.39, 0.29) is 6.54 Å². The molecule has 0 atom stereocenters. The van der Waals surface area contributed by atoms with E-state index < -0.39 is 34.5 Å². The number of hydrogen-bond acceptors (Lipinski definition) is 2. The third-order valence-corrected chi connectivity index (χ3v) is 3.47. The summed E-state index contributed by atoms with van der Waals surface area (Å²) >= 11 is 0. The van der Waals surface area contributed by atoms with Crippen molar-refractivity contribution in [3.05, 3.63) is 29.6 Å². The first-order valence-corrected chi connectivity index (χ1v) is 6.06. The van der Waals surface area contributed by atoms with Crippen LogP contribution in [0.4, 0.5) is 18.9 Å². The number of nitrogens with one attached hydrogen (secondary N) is 1. The standard InChI is InChI=1S/C13H17F3N2O/c1-3-13(4-2,7-17)12(19)18-11-9(15)5-8(14)6-10(11)16/h5-6H,3-4,7,17H2,1-2H3,(H,18,19). The third kappa shape index (κ3) is 3.07. The van der Waals surface area contributed by atoms with Crippen molar-refractivity contribution in [3.63, 3.8) is 0 Å². The highest BCUT2D eigenvalue weighted by Crippen LogP contribution is 2.28. The summed E-state index contributed by atoms with van der Waals surface area (Å²) in [5.74, 6) is -3.90. The number of nitrogens with two attached hydrogens (primary N) is 1. The minimum absolute atomic E-state index is 0.0657. The number of hydrogen-bond donors (Lipinski definition) is 2. The van der Waals surface area contributed by atoms with Gasteiger partial charge in [0.15, 0.2) is 11.6 Å². The van der Waals surface area contributed by atoms with Gasteiger partial charge in [-0.05, 0) is 12.8 Å². The van der Waals surface area contributed by atoms with E-state index in [4.69, 9.17) is 5.73 Å². The average Bonchev–Trinajstić information content (AvgIpc) is 2.36. The Morgan fingerprint density at radius 2 is 1.68 bits per heavy atom. The fraction of sp³-hybridized carbons (Fsp3) is 0.462. The molecule has 0 unspecified atom stereocenters. The maximum Gasteiger partial charge on any atom is 0.232 e. The molecule has 19 heavy (non-hydrogen) atoms.